The number of benzene rings is 1. The molecule has 0 aliphatic rings. The molecule has 2 aromatic rings. The van der Waals surface area contributed by atoms with Gasteiger partial charge in [-0.1, -0.05) is 18.2 Å². The molecule has 2 N–H and O–H groups in total. The summed E-state index contributed by atoms with van der Waals surface area (Å²) in [6, 6.07) is 10.8. The zero-order valence-electron chi connectivity index (χ0n) is 11.3. The highest BCUT2D eigenvalue weighted by atomic mass is 79.9. The van der Waals surface area contributed by atoms with E-state index in [1.54, 1.807) is 11.3 Å². The van der Waals surface area contributed by atoms with E-state index in [1.807, 2.05) is 18.2 Å². The van der Waals surface area contributed by atoms with E-state index in [2.05, 4.69) is 52.2 Å². The van der Waals surface area contributed by atoms with E-state index in [0.717, 1.165) is 23.2 Å². The third-order valence-corrected chi connectivity index (χ3v) is 4.82. The summed E-state index contributed by atoms with van der Waals surface area (Å²) in [5.74, 6) is 0. The first kappa shape index (κ1) is 14.6. The Kier molecular flexibility index (Phi) is 5.02. The summed E-state index contributed by atoms with van der Waals surface area (Å²) in [5.41, 5.74) is 8.11. The number of halogens is 1. The highest BCUT2D eigenvalue weighted by Gasteiger charge is 2.13. The molecule has 0 atom stereocenters. The average Bonchev–Trinajstić information content (AvgIpc) is 2.76. The average molecular weight is 339 g/mol. The van der Waals surface area contributed by atoms with Crippen LogP contribution in [0.2, 0.25) is 0 Å². The predicted octanol–water partition coefficient (Wildman–Crippen LogP) is 4.50. The third kappa shape index (κ3) is 4.06. The summed E-state index contributed by atoms with van der Waals surface area (Å²) in [5, 5.41) is 2.13. The summed E-state index contributed by atoms with van der Waals surface area (Å²) < 4.78 is 1.16. The van der Waals surface area contributed by atoms with Gasteiger partial charge in [0.05, 0.1) is 0 Å². The van der Waals surface area contributed by atoms with Crippen molar-refractivity contribution < 1.29 is 0 Å². The SMILES string of the molecule is CC(C)N(Cc1cc(Br)cs1)Cc1ccccc1N. The lowest BCUT2D eigenvalue weighted by Crippen LogP contribution is -2.29. The first-order valence-electron chi connectivity index (χ1n) is 6.36. The third-order valence-electron chi connectivity index (χ3n) is 3.14. The molecule has 1 aromatic carbocycles. The van der Waals surface area contributed by atoms with Crippen molar-refractivity contribution in [2.24, 2.45) is 0 Å². The summed E-state index contributed by atoms with van der Waals surface area (Å²) in [6.07, 6.45) is 0. The fraction of sp³-hybridized carbons (Fsp3) is 0.333. The van der Waals surface area contributed by atoms with Crippen LogP contribution in [-0.2, 0) is 13.1 Å². The van der Waals surface area contributed by atoms with Gasteiger partial charge in [-0.3, -0.25) is 4.90 Å². The van der Waals surface area contributed by atoms with Crippen molar-refractivity contribution in [3.05, 3.63) is 50.6 Å². The van der Waals surface area contributed by atoms with Crippen LogP contribution in [0, 0.1) is 0 Å². The molecule has 0 fully saturated rings. The van der Waals surface area contributed by atoms with Crippen LogP contribution in [0.25, 0.3) is 0 Å². The lowest BCUT2D eigenvalue weighted by Gasteiger charge is -2.26. The van der Waals surface area contributed by atoms with Crippen LogP contribution in [0.1, 0.15) is 24.3 Å². The number of nitrogens with two attached hydrogens (primary N) is 1. The van der Waals surface area contributed by atoms with Gasteiger partial charge in [-0.05, 0) is 47.5 Å². The van der Waals surface area contributed by atoms with Crippen molar-refractivity contribution in [1.29, 1.82) is 0 Å². The molecule has 2 nitrogen and oxygen atoms in total. The summed E-state index contributed by atoms with van der Waals surface area (Å²) in [4.78, 5) is 3.80. The zero-order chi connectivity index (χ0) is 13.8. The number of nitrogen functional groups attached to an aromatic ring is 1. The number of thiophene rings is 1. The standard InChI is InChI=1S/C15H19BrN2S/c1-11(2)18(9-14-7-13(16)10-19-14)8-12-5-3-4-6-15(12)17/h3-7,10-11H,8-9,17H2,1-2H3. The normalized spacial score (nSPS) is 11.4. The van der Waals surface area contributed by atoms with Gasteiger partial charge in [0.25, 0.3) is 0 Å². The van der Waals surface area contributed by atoms with Gasteiger partial charge in [0.2, 0.25) is 0 Å². The lowest BCUT2D eigenvalue weighted by atomic mass is 10.1. The Morgan fingerprint density at radius 1 is 1.26 bits per heavy atom. The molecule has 102 valence electrons. The van der Waals surface area contributed by atoms with Gasteiger partial charge in [-0.15, -0.1) is 11.3 Å². The second-order valence-corrected chi connectivity index (χ2v) is 6.84. The highest BCUT2D eigenvalue weighted by molar-refractivity contribution is 9.10. The molecule has 0 aliphatic heterocycles. The fourth-order valence-corrected chi connectivity index (χ4v) is 3.43. The molecule has 0 aliphatic carbocycles. The molecule has 0 saturated carbocycles. The van der Waals surface area contributed by atoms with Crippen LogP contribution in [0.5, 0.6) is 0 Å². The Labute approximate surface area is 127 Å². The van der Waals surface area contributed by atoms with E-state index < -0.39 is 0 Å². The number of anilines is 1. The van der Waals surface area contributed by atoms with Crippen molar-refractivity contribution in [3.8, 4) is 0 Å². The summed E-state index contributed by atoms with van der Waals surface area (Å²) >= 11 is 5.30. The van der Waals surface area contributed by atoms with Crippen LogP contribution < -0.4 is 5.73 Å². The van der Waals surface area contributed by atoms with Gasteiger partial charge >= 0.3 is 0 Å². The second-order valence-electron chi connectivity index (χ2n) is 4.93. The predicted molar refractivity (Wildman–Crippen MR) is 87.3 cm³/mol. The Morgan fingerprint density at radius 3 is 2.58 bits per heavy atom. The van der Waals surface area contributed by atoms with E-state index in [-0.39, 0.29) is 0 Å². The van der Waals surface area contributed by atoms with E-state index >= 15 is 0 Å². The molecule has 0 spiro atoms. The minimum atomic E-state index is 0.487. The van der Waals surface area contributed by atoms with Gasteiger partial charge in [0.15, 0.2) is 0 Å². The molecule has 1 aromatic heterocycles. The van der Waals surface area contributed by atoms with Crippen LogP contribution in [-0.4, -0.2) is 10.9 Å². The zero-order valence-corrected chi connectivity index (χ0v) is 13.7. The first-order chi connectivity index (χ1) is 9.06. The highest BCUT2D eigenvalue weighted by Crippen LogP contribution is 2.23. The summed E-state index contributed by atoms with van der Waals surface area (Å²) in [7, 11) is 0. The van der Waals surface area contributed by atoms with E-state index in [0.29, 0.717) is 6.04 Å². The van der Waals surface area contributed by atoms with Crippen molar-refractivity contribution in [2.45, 2.75) is 33.0 Å². The quantitative estimate of drug-likeness (QED) is 0.813. The molecular weight excluding hydrogens is 320 g/mol. The molecule has 4 heteroatoms. The van der Waals surface area contributed by atoms with E-state index in [1.165, 1.54) is 10.4 Å². The topological polar surface area (TPSA) is 29.3 Å². The molecule has 2 rings (SSSR count). The molecular formula is C15H19BrN2S. The second kappa shape index (κ2) is 6.55. The van der Waals surface area contributed by atoms with Crippen LogP contribution in [0.4, 0.5) is 5.69 Å². The first-order valence-corrected chi connectivity index (χ1v) is 8.04. The van der Waals surface area contributed by atoms with Crippen molar-refractivity contribution in [1.82, 2.24) is 4.90 Å². The largest absolute Gasteiger partial charge is 0.398 e. The summed E-state index contributed by atoms with van der Waals surface area (Å²) in [6.45, 7) is 6.30. The Balaban J connectivity index is 2.11. The number of hydrogen-bond donors (Lipinski definition) is 1. The number of hydrogen-bond acceptors (Lipinski definition) is 3. The minimum Gasteiger partial charge on any atom is -0.398 e. The maximum atomic E-state index is 6.03. The van der Waals surface area contributed by atoms with Crippen molar-refractivity contribution in [2.75, 3.05) is 5.73 Å². The Bertz CT molecular complexity index is 536. The van der Waals surface area contributed by atoms with Gasteiger partial charge in [0.1, 0.15) is 0 Å². The maximum Gasteiger partial charge on any atom is 0.0359 e. The Hall–Kier alpha value is -0.840. The van der Waals surface area contributed by atoms with Crippen molar-refractivity contribution in [3.63, 3.8) is 0 Å². The molecule has 0 saturated heterocycles. The fourth-order valence-electron chi connectivity index (χ4n) is 1.95. The molecule has 19 heavy (non-hydrogen) atoms. The molecule has 0 amide bonds. The monoisotopic (exact) mass is 338 g/mol. The number of para-hydroxylation sites is 1. The van der Waals surface area contributed by atoms with Gasteiger partial charge in [-0.25, -0.2) is 0 Å². The number of nitrogens with zero attached hydrogens (tertiary/aromatic N) is 1. The van der Waals surface area contributed by atoms with E-state index in [9.17, 15) is 0 Å². The molecule has 0 unspecified atom stereocenters. The van der Waals surface area contributed by atoms with Gasteiger partial charge in [-0.2, -0.15) is 0 Å². The molecule has 1 heterocycles. The Morgan fingerprint density at radius 2 is 2.00 bits per heavy atom. The van der Waals surface area contributed by atoms with E-state index in [4.69, 9.17) is 5.73 Å². The van der Waals surface area contributed by atoms with Gasteiger partial charge in [0, 0.05) is 39.5 Å². The molecule has 0 bridgehead atoms. The van der Waals surface area contributed by atoms with Crippen molar-refractivity contribution >= 4 is 33.0 Å². The lowest BCUT2D eigenvalue weighted by molar-refractivity contribution is 0.206. The minimum absolute atomic E-state index is 0.487. The maximum absolute atomic E-state index is 6.03. The van der Waals surface area contributed by atoms with Gasteiger partial charge < -0.3 is 5.73 Å². The number of rotatable bonds is 5. The molecule has 0 radical (unpaired) electrons. The van der Waals surface area contributed by atoms with Crippen LogP contribution in [0.3, 0.4) is 0 Å². The van der Waals surface area contributed by atoms with Crippen LogP contribution in [0.15, 0.2) is 40.2 Å². The smallest absolute Gasteiger partial charge is 0.0359 e. The van der Waals surface area contributed by atoms with Crippen LogP contribution >= 0.6 is 27.3 Å².